The first-order valence-electron chi connectivity index (χ1n) is 4.66. The van der Waals surface area contributed by atoms with E-state index in [0.29, 0.717) is 6.61 Å². The summed E-state index contributed by atoms with van der Waals surface area (Å²) in [7, 11) is 0. The molecular weight excluding hydrogens is 197 g/mol. The fourth-order valence-corrected chi connectivity index (χ4v) is 0.997. The SMILES string of the molecule is CCOC(=O)CC=Cc1ccc(F)nc1. The molecule has 0 saturated heterocycles. The maximum absolute atomic E-state index is 12.4. The second-order valence-corrected chi connectivity index (χ2v) is 2.83. The fraction of sp³-hybridized carbons (Fsp3) is 0.273. The van der Waals surface area contributed by atoms with Gasteiger partial charge in [0.15, 0.2) is 0 Å². The number of hydrogen-bond acceptors (Lipinski definition) is 3. The number of ether oxygens (including phenoxy) is 1. The quantitative estimate of drug-likeness (QED) is 0.563. The van der Waals surface area contributed by atoms with E-state index in [9.17, 15) is 9.18 Å². The molecule has 0 N–H and O–H groups in total. The third-order valence-corrected chi connectivity index (χ3v) is 1.65. The number of halogens is 1. The topological polar surface area (TPSA) is 39.2 Å². The third kappa shape index (κ3) is 4.35. The van der Waals surface area contributed by atoms with Crippen LogP contribution in [-0.4, -0.2) is 17.6 Å². The van der Waals surface area contributed by atoms with Crippen LogP contribution in [0.5, 0.6) is 0 Å². The van der Waals surface area contributed by atoms with Crippen LogP contribution >= 0.6 is 0 Å². The number of nitrogens with zero attached hydrogens (tertiary/aromatic N) is 1. The number of carbonyl (C=O) groups excluding carboxylic acids is 1. The summed E-state index contributed by atoms with van der Waals surface area (Å²) in [6.07, 6.45) is 4.97. The summed E-state index contributed by atoms with van der Waals surface area (Å²) in [5, 5.41) is 0. The first kappa shape index (κ1) is 11.4. The zero-order valence-corrected chi connectivity index (χ0v) is 8.44. The van der Waals surface area contributed by atoms with Crippen LogP contribution in [0.25, 0.3) is 6.08 Å². The minimum absolute atomic E-state index is 0.214. The Balaban J connectivity index is 2.44. The highest BCUT2D eigenvalue weighted by atomic mass is 19.1. The average Bonchev–Trinajstić information content (AvgIpc) is 2.21. The molecule has 0 aliphatic heterocycles. The van der Waals surface area contributed by atoms with Gasteiger partial charge in [0.25, 0.3) is 0 Å². The zero-order chi connectivity index (χ0) is 11.1. The van der Waals surface area contributed by atoms with Gasteiger partial charge in [0.05, 0.1) is 13.0 Å². The maximum Gasteiger partial charge on any atom is 0.309 e. The molecule has 0 radical (unpaired) electrons. The second kappa shape index (κ2) is 5.90. The molecule has 0 aliphatic rings. The van der Waals surface area contributed by atoms with Crippen molar-refractivity contribution in [2.45, 2.75) is 13.3 Å². The van der Waals surface area contributed by atoms with Crippen LogP contribution in [-0.2, 0) is 9.53 Å². The van der Waals surface area contributed by atoms with Crippen molar-refractivity contribution in [1.82, 2.24) is 4.98 Å². The second-order valence-electron chi connectivity index (χ2n) is 2.83. The summed E-state index contributed by atoms with van der Waals surface area (Å²) in [5.41, 5.74) is 0.751. The molecule has 1 heterocycles. The number of rotatable bonds is 4. The number of esters is 1. The Morgan fingerprint density at radius 1 is 1.60 bits per heavy atom. The number of hydrogen-bond donors (Lipinski definition) is 0. The molecule has 4 heteroatoms. The van der Waals surface area contributed by atoms with E-state index in [0.717, 1.165) is 5.56 Å². The van der Waals surface area contributed by atoms with Crippen molar-refractivity contribution in [2.24, 2.45) is 0 Å². The van der Waals surface area contributed by atoms with Gasteiger partial charge in [-0.2, -0.15) is 4.39 Å². The van der Waals surface area contributed by atoms with Crippen molar-refractivity contribution in [3.05, 3.63) is 35.9 Å². The maximum atomic E-state index is 12.4. The summed E-state index contributed by atoms with van der Waals surface area (Å²) in [6.45, 7) is 2.14. The van der Waals surface area contributed by atoms with Crippen LogP contribution in [0.2, 0.25) is 0 Å². The van der Waals surface area contributed by atoms with E-state index < -0.39 is 5.95 Å². The van der Waals surface area contributed by atoms with E-state index in [4.69, 9.17) is 4.74 Å². The Morgan fingerprint density at radius 3 is 3.00 bits per heavy atom. The van der Waals surface area contributed by atoms with Crippen LogP contribution in [0.1, 0.15) is 18.9 Å². The van der Waals surface area contributed by atoms with Crippen molar-refractivity contribution in [3.8, 4) is 0 Å². The molecule has 80 valence electrons. The predicted octanol–water partition coefficient (Wildman–Crippen LogP) is 2.19. The molecular formula is C11H12FNO2. The van der Waals surface area contributed by atoms with Crippen LogP contribution < -0.4 is 0 Å². The minimum Gasteiger partial charge on any atom is -0.466 e. The van der Waals surface area contributed by atoms with Crippen LogP contribution in [0.15, 0.2) is 24.4 Å². The number of pyridine rings is 1. The molecule has 0 aromatic carbocycles. The van der Waals surface area contributed by atoms with Gasteiger partial charge in [-0.25, -0.2) is 4.98 Å². The summed E-state index contributed by atoms with van der Waals surface area (Å²) < 4.78 is 17.2. The lowest BCUT2D eigenvalue weighted by atomic mass is 10.2. The summed E-state index contributed by atoms with van der Waals surface area (Å²) in [6, 6.07) is 2.86. The minimum atomic E-state index is -0.516. The molecule has 3 nitrogen and oxygen atoms in total. The van der Waals surface area contributed by atoms with Crippen LogP contribution in [0.3, 0.4) is 0 Å². The summed E-state index contributed by atoms with van der Waals surface area (Å²) in [5.74, 6) is -0.790. The molecule has 0 saturated carbocycles. The first-order valence-corrected chi connectivity index (χ1v) is 4.66. The molecule has 0 amide bonds. The van der Waals surface area contributed by atoms with E-state index in [1.54, 1.807) is 25.1 Å². The first-order chi connectivity index (χ1) is 7.22. The average molecular weight is 209 g/mol. The number of aromatic nitrogens is 1. The Kier molecular flexibility index (Phi) is 4.47. The van der Waals surface area contributed by atoms with Gasteiger partial charge in [-0.15, -0.1) is 0 Å². The summed E-state index contributed by atoms with van der Waals surface area (Å²) in [4.78, 5) is 14.4. The van der Waals surface area contributed by atoms with E-state index >= 15 is 0 Å². The van der Waals surface area contributed by atoms with Gasteiger partial charge in [-0.1, -0.05) is 12.2 Å². The van der Waals surface area contributed by atoms with Gasteiger partial charge in [0.2, 0.25) is 5.95 Å². The lowest BCUT2D eigenvalue weighted by Crippen LogP contribution is -2.01. The molecule has 0 spiro atoms. The van der Waals surface area contributed by atoms with Crippen molar-refractivity contribution in [2.75, 3.05) is 6.61 Å². The fourth-order valence-electron chi connectivity index (χ4n) is 0.997. The lowest BCUT2D eigenvalue weighted by molar-refractivity contribution is -0.142. The highest BCUT2D eigenvalue weighted by molar-refractivity contribution is 5.72. The molecule has 15 heavy (non-hydrogen) atoms. The Hall–Kier alpha value is -1.71. The van der Waals surface area contributed by atoms with Gasteiger partial charge in [0, 0.05) is 6.20 Å². The Morgan fingerprint density at radius 2 is 2.40 bits per heavy atom. The monoisotopic (exact) mass is 209 g/mol. The van der Waals surface area contributed by atoms with E-state index in [-0.39, 0.29) is 12.4 Å². The zero-order valence-electron chi connectivity index (χ0n) is 8.44. The third-order valence-electron chi connectivity index (χ3n) is 1.65. The van der Waals surface area contributed by atoms with Gasteiger partial charge >= 0.3 is 5.97 Å². The van der Waals surface area contributed by atoms with Crippen molar-refractivity contribution < 1.29 is 13.9 Å². The predicted molar refractivity (Wildman–Crippen MR) is 54.5 cm³/mol. The van der Waals surface area contributed by atoms with Crippen LogP contribution in [0, 0.1) is 5.95 Å². The molecule has 0 bridgehead atoms. The van der Waals surface area contributed by atoms with Crippen LogP contribution in [0.4, 0.5) is 4.39 Å². The van der Waals surface area contributed by atoms with Crippen molar-refractivity contribution >= 4 is 12.0 Å². The smallest absolute Gasteiger partial charge is 0.309 e. The molecule has 0 aliphatic carbocycles. The van der Waals surface area contributed by atoms with E-state index in [1.807, 2.05) is 0 Å². The van der Waals surface area contributed by atoms with E-state index in [1.165, 1.54) is 12.3 Å². The molecule has 0 fully saturated rings. The Labute approximate surface area is 87.6 Å². The molecule has 1 aromatic heterocycles. The Bertz CT molecular complexity index is 346. The molecule has 1 rings (SSSR count). The highest BCUT2D eigenvalue weighted by Gasteiger charge is 1.96. The standard InChI is InChI=1S/C11H12FNO2/c1-2-15-11(14)5-3-4-9-6-7-10(12)13-8-9/h3-4,6-8H,2,5H2,1H3. The largest absolute Gasteiger partial charge is 0.466 e. The summed E-state index contributed by atoms with van der Waals surface area (Å²) >= 11 is 0. The molecule has 0 unspecified atom stereocenters. The molecule has 1 aromatic rings. The van der Waals surface area contributed by atoms with Crippen molar-refractivity contribution in [3.63, 3.8) is 0 Å². The highest BCUT2D eigenvalue weighted by Crippen LogP contribution is 2.02. The number of carbonyl (C=O) groups is 1. The molecule has 0 atom stereocenters. The normalized spacial score (nSPS) is 10.5. The lowest BCUT2D eigenvalue weighted by Gasteiger charge is -1.96. The van der Waals surface area contributed by atoms with Gasteiger partial charge < -0.3 is 4.74 Å². The van der Waals surface area contributed by atoms with Gasteiger partial charge in [0.1, 0.15) is 0 Å². The van der Waals surface area contributed by atoms with Crippen molar-refractivity contribution in [1.29, 1.82) is 0 Å². The van der Waals surface area contributed by atoms with Gasteiger partial charge in [-0.05, 0) is 24.6 Å². The van der Waals surface area contributed by atoms with E-state index in [2.05, 4.69) is 4.98 Å². The van der Waals surface area contributed by atoms with Gasteiger partial charge in [-0.3, -0.25) is 4.79 Å².